The summed E-state index contributed by atoms with van der Waals surface area (Å²) in [5.41, 5.74) is 3.16. The Balaban J connectivity index is 1.89. The molecule has 0 saturated carbocycles. The average Bonchev–Trinajstić information content (AvgIpc) is 2.80. The summed E-state index contributed by atoms with van der Waals surface area (Å²) in [5, 5.41) is 3.39. The van der Waals surface area contributed by atoms with E-state index in [0.717, 1.165) is 18.4 Å². The van der Waals surface area contributed by atoms with Gasteiger partial charge in [0, 0.05) is 12.2 Å². The van der Waals surface area contributed by atoms with Gasteiger partial charge in [-0.15, -0.1) is 0 Å². The maximum absolute atomic E-state index is 6.06. The minimum Gasteiger partial charge on any atom is -0.399 e. The van der Waals surface area contributed by atoms with E-state index in [-0.39, 0.29) is 18.3 Å². The first-order chi connectivity index (χ1) is 8.39. The van der Waals surface area contributed by atoms with Crippen molar-refractivity contribution in [2.24, 2.45) is 0 Å². The zero-order chi connectivity index (χ0) is 13.0. The first-order valence-corrected chi connectivity index (χ1v) is 6.61. The third kappa shape index (κ3) is 1.75. The Kier molecular flexibility index (Phi) is 2.51. The number of nitrogens with one attached hydrogen (secondary N) is 1. The van der Waals surface area contributed by atoms with Crippen LogP contribution in [0.3, 0.4) is 0 Å². The van der Waals surface area contributed by atoms with Crippen molar-refractivity contribution in [1.82, 2.24) is 0 Å². The molecule has 2 aliphatic rings. The molecule has 1 saturated heterocycles. The van der Waals surface area contributed by atoms with Gasteiger partial charge >= 0.3 is 7.12 Å². The molecule has 96 valence electrons. The van der Waals surface area contributed by atoms with Gasteiger partial charge in [0.2, 0.25) is 0 Å². The highest BCUT2D eigenvalue weighted by molar-refractivity contribution is 6.62. The van der Waals surface area contributed by atoms with E-state index in [2.05, 4.69) is 51.2 Å². The summed E-state index contributed by atoms with van der Waals surface area (Å²) >= 11 is 0. The average molecular weight is 245 g/mol. The Morgan fingerprint density at radius 1 is 1.11 bits per heavy atom. The summed E-state index contributed by atoms with van der Waals surface area (Å²) in [6, 6.07) is 6.45. The molecule has 2 heterocycles. The molecule has 4 heteroatoms. The van der Waals surface area contributed by atoms with Crippen LogP contribution in [0.4, 0.5) is 5.69 Å². The predicted octanol–water partition coefficient (Wildman–Crippen LogP) is 1.95. The molecule has 1 fully saturated rings. The van der Waals surface area contributed by atoms with E-state index in [1.165, 1.54) is 11.3 Å². The highest BCUT2D eigenvalue weighted by Crippen LogP contribution is 2.36. The van der Waals surface area contributed by atoms with Crippen molar-refractivity contribution in [3.63, 3.8) is 0 Å². The van der Waals surface area contributed by atoms with Crippen molar-refractivity contribution in [2.75, 3.05) is 11.9 Å². The Bertz CT molecular complexity index is 469. The molecular weight excluding hydrogens is 225 g/mol. The second-order valence-corrected chi connectivity index (χ2v) is 6.18. The Labute approximate surface area is 109 Å². The van der Waals surface area contributed by atoms with Gasteiger partial charge in [-0.3, -0.25) is 0 Å². The molecule has 0 aliphatic carbocycles. The van der Waals surface area contributed by atoms with Crippen molar-refractivity contribution in [3.05, 3.63) is 23.8 Å². The highest BCUT2D eigenvalue weighted by atomic mass is 16.7. The van der Waals surface area contributed by atoms with Crippen LogP contribution >= 0.6 is 0 Å². The SMILES string of the molecule is CC1(C)OB(c2ccc3c(c2)NCC3)OC1(C)C. The third-order valence-electron chi connectivity index (χ3n) is 4.37. The molecule has 1 N–H and O–H groups in total. The van der Waals surface area contributed by atoms with Gasteiger partial charge in [0.25, 0.3) is 0 Å². The topological polar surface area (TPSA) is 30.5 Å². The monoisotopic (exact) mass is 245 g/mol. The van der Waals surface area contributed by atoms with Crippen LogP contribution in [0, 0.1) is 0 Å². The summed E-state index contributed by atoms with van der Waals surface area (Å²) < 4.78 is 12.1. The van der Waals surface area contributed by atoms with Crippen molar-refractivity contribution in [1.29, 1.82) is 0 Å². The van der Waals surface area contributed by atoms with E-state index >= 15 is 0 Å². The highest BCUT2D eigenvalue weighted by Gasteiger charge is 2.51. The predicted molar refractivity (Wildman–Crippen MR) is 74.4 cm³/mol. The summed E-state index contributed by atoms with van der Waals surface area (Å²) in [4.78, 5) is 0. The molecule has 1 aromatic rings. The molecular formula is C14H20BNO2. The molecule has 0 radical (unpaired) electrons. The molecule has 0 spiro atoms. The molecule has 3 rings (SSSR count). The molecule has 18 heavy (non-hydrogen) atoms. The quantitative estimate of drug-likeness (QED) is 0.767. The Hall–Kier alpha value is -0.995. The van der Waals surface area contributed by atoms with Crippen LogP contribution in [0.1, 0.15) is 33.3 Å². The fourth-order valence-corrected chi connectivity index (χ4v) is 2.43. The number of fused-ring (bicyclic) bond motifs is 1. The lowest BCUT2D eigenvalue weighted by Crippen LogP contribution is -2.41. The van der Waals surface area contributed by atoms with Gasteiger partial charge in [0.1, 0.15) is 0 Å². The van der Waals surface area contributed by atoms with Crippen LogP contribution in [0.2, 0.25) is 0 Å². The summed E-state index contributed by atoms with van der Waals surface area (Å²) in [6.45, 7) is 9.36. The van der Waals surface area contributed by atoms with Crippen LogP contribution in [0.25, 0.3) is 0 Å². The standard InChI is InChI=1S/C14H20BNO2/c1-13(2)14(3,4)18-15(17-13)11-6-5-10-7-8-16-12(10)9-11/h5-6,9,16H,7-8H2,1-4H3. The van der Waals surface area contributed by atoms with Gasteiger partial charge in [-0.25, -0.2) is 0 Å². The van der Waals surface area contributed by atoms with Gasteiger partial charge < -0.3 is 14.6 Å². The second-order valence-electron chi connectivity index (χ2n) is 6.18. The fourth-order valence-electron chi connectivity index (χ4n) is 2.43. The van der Waals surface area contributed by atoms with Gasteiger partial charge in [0.05, 0.1) is 11.2 Å². The number of hydrogen-bond acceptors (Lipinski definition) is 3. The third-order valence-corrected chi connectivity index (χ3v) is 4.37. The van der Waals surface area contributed by atoms with E-state index in [1.54, 1.807) is 0 Å². The zero-order valence-corrected chi connectivity index (χ0v) is 11.5. The van der Waals surface area contributed by atoms with E-state index < -0.39 is 0 Å². The van der Waals surface area contributed by atoms with Crippen LogP contribution in [0.5, 0.6) is 0 Å². The zero-order valence-electron chi connectivity index (χ0n) is 11.5. The van der Waals surface area contributed by atoms with E-state index in [1.807, 2.05) is 0 Å². The van der Waals surface area contributed by atoms with Gasteiger partial charge in [0.15, 0.2) is 0 Å². The lowest BCUT2D eigenvalue weighted by molar-refractivity contribution is 0.00578. The number of rotatable bonds is 1. The van der Waals surface area contributed by atoms with Gasteiger partial charge in [-0.05, 0) is 51.2 Å². The van der Waals surface area contributed by atoms with Crippen molar-refractivity contribution in [2.45, 2.75) is 45.3 Å². The smallest absolute Gasteiger partial charge is 0.399 e. The minimum atomic E-state index is -0.274. The fraction of sp³-hybridized carbons (Fsp3) is 0.571. The van der Waals surface area contributed by atoms with Gasteiger partial charge in [-0.1, -0.05) is 12.1 Å². The normalized spacial score (nSPS) is 23.9. The molecule has 2 aliphatic heterocycles. The molecule has 0 amide bonds. The molecule has 0 atom stereocenters. The molecule has 0 unspecified atom stereocenters. The Morgan fingerprint density at radius 3 is 2.44 bits per heavy atom. The lowest BCUT2D eigenvalue weighted by Gasteiger charge is -2.32. The van der Waals surface area contributed by atoms with Crippen molar-refractivity contribution >= 4 is 18.3 Å². The summed E-state index contributed by atoms with van der Waals surface area (Å²) in [5.74, 6) is 0. The van der Waals surface area contributed by atoms with Crippen molar-refractivity contribution < 1.29 is 9.31 Å². The van der Waals surface area contributed by atoms with Crippen LogP contribution < -0.4 is 10.8 Å². The summed E-state index contributed by atoms with van der Waals surface area (Å²) in [7, 11) is -0.261. The largest absolute Gasteiger partial charge is 0.494 e. The van der Waals surface area contributed by atoms with E-state index in [4.69, 9.17) is 9.31 Å². The molecule has 3 nitrogen and oxygen atoms in total. The maximum atomic E-state index is 6.06. The molecule has 0 bridgehead atoms. The lowest BCUT2D eigenvalue weighted by atomic mass is 9.78. The van der Waals surface area contributed by atoms with Crippen LogP contribution in [0.15, 0.2) is 18.2 Å². The molecule has 1 aromatic carbocycles. The van der Waals surface area contributed by atoms with Crippen LogP contribution in [-0.2, 0) is 15.7 Å². The number of benzene rings is 1. The number of hydrogen-bond donors (Lipinski definition) is 1. The Morgan fingerprint density at radius 2 is 1.78 bits per heavy atom. The van der Waals surface area contributed by atoms with E-state index in [0.29, 0.717) is 0 Å². The van der Waals surface area contributed by atoms with E-state index in [9.17, 15) is 0 Å². The summed E-state index contributed by atoms with van der Waals surface area (Å²) in [6.07, 6.45) is 1.11. The minimum absolute atomic E-state index is 0.261. The first-order valence-electron chi connectivity index (χ1n) is 6.61. The second kappa shape index (κ2) is 3.75. The first kappa shape index (κ1) is 12.1. The van der Waals surface area contributed by atoms with Crippen molar-refractivity contribution in [3.8, 4) is 0 Å². The van der Waals surface area contributed by atoms with Gasteiger partial charge in [-0.2, -0.15) is 0 Å². The maximum Gasteiger partial charge on any atom is 0.494 e. The number of anilines is 1. The van der Waals surface area contributed by atoms with Crippen LogP contribution in [-0.4, -0.2) is 24.9 Å². The molecule has 0 aromatic heterocycles.